The van der Waals surface area contributed by atoms with Crippen molar-refractivity contribution >= 4 is 28.9 Å². The molecule has 0 spiro atoms. The predicted octanol–water partition coefficient (Wildman–Crippen LogP) is 3.15. The molecule has 2 aliphatic rings. The minimum atomic E-state index is -0.433. The van der Waals surface area contributed by atoms with E-state index in [1.807, 2.05) is 24.3 Å². The van der Waals surface area contributed by atoms with Gasteiger partial charge in [-0.3, -0.25) is 9.59 Å². The Morgan fingerprint density at radius 1 is 1.04 bits per heavy atom. The van der Waals surface area contributed by atoms with E-state index in [9.17, 15) is 9.59 Å². The van der Waals surface area contributed by atoms with Crippen molar-refractivity contribution in [3.63, 3.8) is 0 Å². The van der Waals surface area contributed by atoms with E-state index in [1.54, 1.807) is 29.2 Å². The van der Waals surface area contributed by atoms with Gasteiger partial charge >= 0.3 is 0 Å². The largest absolute Gasteiger partial charge is 0.372 e. The summed E-state index contributed by atoms with van der Waals surface area (Å²) in [7, 11) is 0. The van der Waals surface area contributed by atoms with Crippen molar-refractivity contribution in [1.29, 1.82) is 5.26 Å². The minimum Gasteiger partial charge on any atom is -0.372 e. The topological polar surface area (TPSA) is 76.4 Å². The Bertz CT molecular complexity index is 926. The van der Waals surface area contributed by atoms with Crippen LogP contribution in [0.3, 0.4) is 0 Å². The molecule has 2 fully saturated rings. The van der Waals surface area contributed by atoms with Crippen LogP contribution in [0.25, 0.3) is 0 Å². The molecule has 2 aromatic carbocycles. The van der Waals surface area contributed by atoms with Crippen LogP contribution in [0.5, 0.6) is 0 Å². The van der Waals surface area contributed by atoms with Crippen LogP contribution in [0.1, 0.15) is 24.8 Å². The van der Waals surface area contributed by atoms with Crippen molar-refractivity contribution in [3.05, 3.63) is 54.1 Å². The van der Waals surface area contributed by atoms with Crippen LogP contribution in [0.15, 0.2) is 48.5 Å². The Balaban J connectivity index is 1.43. The fraction of sp³-hybridized carbons (Fsp3) is 0.318. The minimum absolute atomic E-state index is 0.0531. The van der Waals surface area contributed by atoms with Gasteiger partial charge in [0.25, 0.3) is 0 Å². The monoisotopic (exact) mass is 374 g/mol. The van der Waals surface area contributed by atoms with Crippen LogP contribution in [-0.4, -0.2) is 31.4 Å². The van der Waals surface area contributed by atoms with E-state index in [-0.39, 0.29) is 18.2 Å². The molecule has 28 heavy (non-hydrogen) atoms. The molecule has 6 heteroatoms. The standard InChI is InChI=1S/C22H22N4O2/c23-14-16-5-1-2-6-20(16)24-22(28)17-13-21(27)26(15-17)19-9-7-18(8-10-19)25-11-3-4-12-25/h1-2,5-10,17H,3-4,11-13,15H2,(H,24,28). The first kappa shape index (κ1) is 18.1. The van der Waals surface area contributed by atoms with E-state index in [0.717, 1.165) is 18.8 Å². The average Bonchev–Trinajstić information content (AvgIpc) is 3.38. The Labute approximate surface area is 164 Å². The van der Waals surface area contributed by atoms with Crippen LogP contribution < -0.4 is 15.1 Å². The number of benzene rings is 2. The lowest BCUT2D eigenvalue weighted by molar-refractivity contribution is -0.122. The van der Waals surface area contributed by atoms with Crippen molar-refractivity contribution < 1.29 is 9.59 Å². The second-order valence-corrected chi connectivity index (χ2v) is 7.26. The lowest BCUT2D eigenvalue weighted by Gasteiger charge is -2.20. The molecule has 2 heterocycles. The Kier molecular flexibility index (Phi) is 4.98. The molecule has 0 bridgehead atoms. The van der Waals surface area contributed by atoms with Gasteiger partial charge < -0.3 is 15.1 Å². The Hall–Kier alpha value is -3.33. The van der Waals surface area contributed by atoms with Crippen molar-refractivity contribution in [2.24, 2.45) is 5.92 Å². The molecule has 0 aliphatic carbocycles. The molecule has 0 aromatic heterocycles. The summed E-state index contributed by atoms with van der Waals surface area (Å²) in [5, 5.41) is 12.0. The average molecular weight is 374 g/mol. The van der Waals surface area contributed by atoms with Crippen molar-refractivity contribution in [2.75, 3.05) is 34.8 Å². The first-order chi connectivity index (χ1) is 13.7. The van der Waals surface area contributed by atoms with Crippen LogP contribution in [0.2, 0.25) is 0 Å². The second-order valence-electron chi connectivity index (χ2n) is 7.26. The summed E-state index contributed by atoms with van der Waals surface area (Å²) in [6, 6.07) is 16.9. The molecule has 0 saturated carbocycles. The molecule has 4 rings (SSSR count). The lowest BCUT2D eigenvalue weighted by Crippen LogP contribution is -2.28. The zero-order chi connectivity index (χ0) is 19.5. The number of nitrogens with zero attached hydrogens (tertiary/aromatic N) is 3. The number of anilines is 3. The van der Waals surface area contributed by atoms with Crippen LogP contribution in [0, 0.1) is 17.2 Å². The van der Waals surface area contributed by atoms with Crippen LogP contribution in [0.4, 0.5) is 17.1 Å². The summed E-state index contributed by atoms with van der Waals surface area (Å²) in [5.74, 6) is -0.715. The number of para-hydroxylation sites is 1. The number of hydrogen-bond acceptors (Lipinski definition) is 4. The van der Waals surface area contributed by atoms with Gasteiger partial charge in [0.1, 0.15) is 6.07 Å². The van der Waals surface area contributed by atoms with Crippen molar-refractivity contribution in [3.8, 4) is 6.07 Å². The smallest absolute Gasteiger partial charge is 0.229 e. The number of carbonyl (C=O) groups excluding carboxylic acids is 2. The molecule has 1 unspecified atom stereocenters. The maximum atomic E-state index is 12.6. The third-order valence-electron chi connectivity index (χ3n) is 5.43. The summed E-state index contributed by atoms with van der Waals surface area (Å²) >= 11 is 0. The SMILES string of the molecule is N#Cc1ccccc1NC(=O)C1CC(=O)N(c2ccc(N3CCCC3)cc2)C1. The van der Waals surface area contributed by atoms with E-state index in [0.29, 0.717) is 17.8 Å². The van der Waals surface area contributed by atoms with E-state index >= 15 is 0 Å². The van der Waals surface area contributed by atoms with Gasteiger partial charge in [0.2, 0.25) is 11.8 Å². The zero-order valence-electron chi connectivity index (χ0n) is 15.6. The van der Waals surface area contributed by atoms with Crippen LogP contribution in [-0.2, 0) is 9.59 Å². The van der Waals surface area contributed by atoms with Gasteiger partial charge in [0, 0.05) is 37.4 Å². The fourth-order valence-corrected chi connectivity index (χ4v) is 3.88. The molecule has 2 saturated heterocycles. The molecule has 142 valence electrons. The highest BCUT2D eigenvalue weighted by atomic mass is 16.2. The van der Waals surface area contributed by atoms with Gasteiger partial charge in [-0.1, -0.05) is 12.1 Å². The highest BCUT2D eigenvalue weighted by Crippen LogP contribution is 2.29. The van der Waals surface area contributed by atoms with Crippen LogP contribution >= 0.6 is 0 Å². The van der Waals surface area contributed by atoms with Gasteiger partial charge in [-0.15, -0.1) is 0 Å². The number of nitrogens with one attached hydrogen (secondary N) is 1. The lowest BCUT2D eigenvalue weighted by atomic mass is 10.1. The van der Waals surface area contributed by atoms with Crippen molar-refractivity contribution in [1.82, 2.24) is 0 Å². The molecule has 1 atom stereocenters. The maximum Gasteiger partial charge on any atom is 0.229 e. The zero-order valence-corrected chi connectivity index (χ0v) is 15.6. The molecule has 6 nitrogen and oxygen atoms in total. The molecular weight excluding hydrogens is 352 g/mol. The fourth-order valence-electron chi connectivity index (χ4n) is 3.88. The molecular formula is C22H22N4O2. The predicted molar refractivity (Wildman–Crippen MR) is 108 cm³/mol. The molecule has 2 amide bonds. The van der Waals surface area contributed by atoms with Crippen molar-refractivity contribution in [2.45, 2.75) is 19.3 Å². The van der Waals surface area contributed by atoms with E-state index in [1.165, 1.54) is 18.5 Å². The highest BCUT2D eigenvalue weighted by molar-refractivity contribution is 6.03. The quantitative estimate of drug-likeness (QED) is 0.892. The van der Waals surface area contributed by atoms with E-state index in [2.05, 4.69) is 16.3 Å². The first-order valence-corrected chi connectivity index (χ1v) is 9.61. The van der Waals surface area contributed by atoms with E-state index in [4.69, 9.17) is 5.26 Å². The van der Waals surface area contributed by atoms with Gasteiger partial charge in [0.05, 0.1) is 17.2 Å². The summed E-state index contributed by atoms with van der Waals surface area (Å²) < 4.78 is 0. The van der Waals surface area contributed by atoms with Gasteiger partial charge in [-0.05, 0) is 49.2 Å². The number of carbonyl (C=O) groups is 2. The summed E-state index contributed by atoms with van der Waals surface area (Å²) in [6.45, 7) is 2.51. The van der Waals surface area contributed by atoms with Gasteiger partial charge in [-0.2, -0.15) is 5.26 Å². The third-order valence-corrected chi connectivity index (χ3v) is 5.43. The normalized spacial score (nSPS) is 19.0. The molecule has 1 N–H and O–H groups in total. The number of hydrogen-bond donors (Lipinski definition) is 1. The maximum absolute atomic E-state index is 12.6. The number of nitriles is 1. The first-order valence-electron chi connectivity index (χ1n) is 9.61. The highest BCUT2D eigenvalue weighted by Gasteiger charge is 2.35. The second kappa shape index (κ2) is 7.73. The third kappa shape index (κ3) is 3.56. The Morgan fingerprint density at radius 3 is 2.43 bits per heavy atom. The summed E-state index contributed by atoms with van der Waals surface area (Å²) in [4.78, 5) is 29.1. The molecule has 2 aromatic rings. The van der Waals surface area contributed by atoms with Gasteiger partial charge in [0.15, 0.2) is 0 Å². The van der Waals surface area contributed by atoms with E-state index < -0.39 is 5.92 Å². The Morgan fingerprint density at radius 2 is 1.71 bits per heavy atom. The molecule has 0 radical (unpaired) electrons. The molecule has 2 aliphatic heterocycles. The number of rotatable bonds is 4. The van der Waals surface area contributed by atoms with Gasteiger partial charge in [-0.25, -0.2) is 0 Å². The number of amides is 2. The summed E-state index contributed by atoms with van der Waals surface area (Å²) in [5.41, 5.74) is 2.89. The summed E-state index contributed by atoms with van der Waals surface area (Å²) in [6.07, 6.45) is 2.62.